The van der Waals surface area contributed by atoms with E-state index in [2.05, 4.69) is 53.5 Å². The monoisotopic (exact) mass is 266 g/mol. The van der Waals surface area contributed by atoms with Crippen molar-refractivity contribution in [3.05, 3.63) is 54.9 Å². The van der Waals surface area contributed by atoms with Crippen molar-refractivity contribution in [3.63, 3.8) is 0 Å². The molecule has 1 heterocycles. The molecule has 0 atom stereocenters. The maximum Gasteiger partial charge on any atom is 0.0987 e. The largest absolute Gasteiger partial charge is 0.316 e. The van der Waals surface area contributed by atoms with Gasteiger partial charge in [0.2, 0.25) is 0 Å². The van der Waals surface area contributed by atoms with E-state index >= 15 is 0 Å². The summed E-state index contributed by atoms with van der Waals surface area (Å²) in [5.74, 6) is 0. The zero-order valence-corrected chi connectivity index (χ0v) is 10.9. The summed E-state index contributed by atoms with van der Waals surface area (Å²) in [5, 5.41) is 4.87. The third-order valence-electron chi connectivity index (χ3n) is 3.62. The molecule has 4 aromatic rings. The molecule has 2 nitrogen and oxygen atoms in total. The highest BCUT2D eigenvalue weighted by Gasteiger charge is 2.11. The first-order valence-corrected chi connectivity index (χ1v) is 6.74. The number of benzene rings is 3. The van der Waals surface area contributed by atoms with Gasteiger partial charge in [-0.15, -0.1) is 11.6 Å². The Morgan fingerprint density at radius 2 is 1.42 bits per heavy atom. The van der Waals surface area contributed by atoms with E-state index in [1.54, 1.807) is 0 Å². The number of fused-ring (bicyclic) bond motifs is 6. The van der Waals surface area contributed by atoms with E-state index in [0.717, 1.165) is 11.0 Å². The second-order valence-electron chi connectivity index (χ2n) is 4.62. The van der Waals surface area contributed by atoms with Crippen LogP contribution in [0.5, 0.6) is 0 Å². The molecular formula is C16H11ClN2. The molecule has 3 aromatic carbocycles. The highest BCUT2D eigenvalue weighted by Crippen LogP contribution is 2.34. The molecule has 0 aliphatic heterocycles. The molecule has 0 N–H and O–H groups in total. The fraction of sp³-hybridized carbons (Fsp3) is 0.0625. The summed E-state index contributed by atoms with van der Waals surface area (Å²) < 4.78 is 1.99. The van der Waals surface area contributed by atoms with E-state index < -0.39 is 0 Å². The van der Waals surface area contributed by atoms with Gasteiger partial charge in [0.25, 0.3) is 0 Å². The summed E-state index contributed by atoms with van der Waals surface area (Å²) >= 11 is 6.02. The van der Waals surface area contributed by atoms with Crippen LogP contribution in [0.4, 0.5) is 0 Å². The van der Waals surface area contributed by atoms with Gasteiger partial charge >= 0.3 is 0 Å². The SMILES string of the molecule is ClCn1cnc2c3ccccc3c3ccccc3c21. The molecule has 0 spiro atoms. The molecular weight excluding hydrogens is 256 g/mol. The minimum absolute atomic E-state index is 0.416. The lowest BCUT2D eigenvalue weighted by atomic mass is 10.00. The van der Waals surface area contributed by atoms with Gasteiger partial charge in [0, 0.05) is 10.8 Å². The third-order valence-corrected chi connectivity index (χ3v) is 3.88. The highest BCUT2D eigenvalue weighted by atomic mass is 35.5. The van der Waals surface area contributed by atoms with Crippen LogP contribution in [0, 0.1) is 0 Å². The van der Waals surface area contributed by atoms with Crippen LogP contribution >= 0.6 is 11.6 Å². The summed E-state index contributed by atoms with van der Waals surface area (Å²) in [4.78, 5) is 4.55. The lowest BCUT2D eigenvalue weighted by Crippen LogP contribution is -1.90. The van der Waals surface area contributed by atoms with Crippen LogP contribution in [0.25, 0.3) is 32.6 Å². The fourth-order valence-electron chi connectivity index (χ4n) is 2.80. The smallest absolute Gasteiger partial charge is 0.0987 e. The molecule has 0 amide bonds. The number of alkyl halides is 1. The number of nitrogens with zero attached hydrogens (tertiary/aromatic N) is 2. The Balaban J connectivity index is 2.41. The average Bonchev–Trinajstić information content (AvgIpc) is 2.92. The normalized spacial score (nSPS) is 11.6. The van der Waals surface area contributed by atoms with Gasteiger partial charge in [0.05, 0.1) is 23.4 Å². The number of hydrogen-bond donors (Lipinski definition) is 0. The summed E-state index contributed by atoms with van der Waals surface area (Å²) in [7, 11) is 0. The molecule has 3 heteroatoms. The van der Waals surface area contributed by atoms with Gasteiger partial charge in [-0.3, -0.25) is 0 Å². The van der Waals surface area contributed by atoms with Crippen molar-refractivity contribution in [2.45, 2.75) is 6.00 Å². The van der Waals surface area contributed by atoms with Gasteiger partial charge in [-0.05, 0) is 10.8 Å². The number of imidazole rings is 1. The van der Waals surface area contributed by atoms with E-state index in [1.807, 2.05) is 10.9 Å². The molecule has 0 aliphatic rings. The van der Waals surface area contributed by atoms with Crippen molar-refractivity contribution in [1.82, 2.24) is 9.55 Å². The number of rotatable bonds is 1. The average molecular weight is 267 g/mol. The molecule has 19 heavy (non-hydrogen) atoms. The number of aromatic nitrogens is 2. The zero-order chi connectivity index (χ0) is 12.8. The summed E-state index contributed by atoms with van der Waals surface area (Å²) in [5.41, 5.74) is 2.14. The van der Waals surface area contributed by atoms with E-state index in [0.29, 0.717) is 6.00 Å². The van der Waals surface area contributed by atoms with Crippen molar-refractivity contribution in [3.8, 4) is 0 Å². The second-order valence-corrected chi connectivity index (χ2v) is 4.86. The first-order valence-electron chi connectivity index (χ1n) is 6.20. The van der Waals surface area contributed by atoms with Gasteiger partial charge in [-0.2, -0.15) is 0 Å². The van der Waals surface area contributed by atoms with E-state index in [4.69, 9.17) is 11.6 Å². The van der Waals surface area contributed by atoms with Gasteiger partial charge in [0.1, 0.15) is 0 Å². The van der Waals surface area contributed by atoms with Crippen LogP contribution in [0.15, 0.2) is 54.9 Å². The summed E-state index contributed by atoms with van der Waals surface area (Å²) in [6, 6.07) is 17.2. The lowest BCUT2D eigenvalue weighted by Gasteiger charge is -2.08. The Morgan fingerprint density at radius 1 is 0.842 bits per heavy atom. The molecule has 0 unspecified atom stereocenters. The first-order chi connectivity index (χ1) is 9.40. The Labute approximate surface area is 115 Å². The molecule has 4 rings (SSSR count). The summed E-state index contributed by atoms with van der Waals surface area (Å²) in [6.07, 6.45) is 1.82. The predicted octanol–water partition coefficient (Wildman–Crippen LogP) is 4.54. The van der Waals surface area contributed by atoms with Crippen LogP contribution in [0.3, 0.4) is 0 Å². The van der Waals surface area contributed by atoms with E-state index in [9.17, 15) is 0 Å². The minimum Gasteiger partial charge on any atom is -0.316 e. The van der Waals surface area contributed by atoms with Crippen molar-refractivity contribution in [2.24, 2.45) is 0 Å². The maximum atomic E-state index is 6.02. The number of hydrogen-bond acceptors (Lipinski definition) is 1. The van der Waals surface area contributed by atoms with Crippen molar-refractivity contribution < 1.29 is 0 Å². The van der Waals surface area contributed by atoms with Crippen LogP contribution < -0.4 is 0 Å². The fourth-order valence-corrected chi connectivity index (χ4v) is 2.98. The Bertz CT molecular complexity index is 908. The van der Waals surface area contributed by atoms with Crippen molar-refractivity contribution in [2.75, 3.05) is 0 Å². The van der Waals surface area contributed by atoms with Crippen LogP contribution in [-0.2, 0) is 6.00 Å². The highest BCUT2D eigenvalue weighted by molar-refractivity contribution is 6.24. The predicted molar refractivity (Wildman–Crippen MR) is 80.6 cm³/mol. The van der Waals surface area contributed by atoms with Gasteiger partial charge in [-0.1, -0.05) is 48.5 Å². The molecule has 1 aromatic heterocycles. The van der Waals surface area contributed by atoms with Crippen molar-refractivity contribution >= 4 is 44.2 Å². The third kappa shape index (κ3) is 1.41. The maximum absolute atomic E-state index is 6.02. The Hall–Kier alpha value is -2.06. The Morgan fingerprint density at radius 3 is 2.11 bits per heavy atom. The first kappa shape index (κ1) is 10.8. The molecule has 0 bridgehead atoms. The zero-order valence-electron chi connectivity index (χ0n) is 10.2. The molecule has 92 valence electrons. The Kier molecular flexibility index (Phi) is 2.26. The van der Waals surface area contributed by atoms with Gasteiger partial charge < -0.3 is 4.57 Å². The van der Waals surface area contributed by atoms with Gasteiger partial charge in [-0.25, -0.2) is 4.98 Å². The van der Waals surface area contributed by atoms with E-state index in [-0.39, 0.29) is 0 Å². The topological polar surface area (TPSA) is 17.8 Å². The second kappa shape index (κ2) is 3.97. The van der Waals surface area contributed by atoms with Crippen LogP contribution in [0.1, 0.15) is 0 Å². The lowest BCUT2D eigenvalue weighted by molar-refractivity contribution is 0.916. The molecule has 0 aliphatic carbocycles. The standard InChI is InChI=1S/C16H11ClN2/c17-9-19-10-18-15-13-7-3-1-5-11(13)12-6-2-4-8-14(12)16(15)19/h1-8,10H,9H2. The number of halogens is 1. The van der Waals surface area contributed by atoms with Crippen LogP contribution in [0.2, 0.25) is 0 Å². The quantitative estimate of drug-likeness (QED) is 0.365. The summed E-state index contributed by atoms with van der Waals surface area (Å²) in [6.45, 7) is 0. The van der Waals surface area contributed by atoms with Crippen molar-refractivity contribution in [1.29, 1.82) is 0 Å². The molecule has 0 saturated heterocycles. The molecule has 0 fully saturated rings. The van der Waals surface area contributed by atoms with E-state index in [1.165, 1.54) is 21.5 Å². The molecule has 0 saturated carbocycles. The molecule has 0 radical (unpaired) electrons. The van der Waals surface area contributed by atoms with Crippen LogP contribution in [-0.4, -0.2) is 9.55 Å². The minimum atomic E-state index is 0.416. The van der Waals surface area contributed by atoms with Gasteiger partial charge in [0.15, 0.2) is 0 Å².